The Labute approximate surface area is 345 Å². The first-order chi connectivity index (χ1) is 29.7. The number of hydrogen-bond acceptors (Lipinski definition) is 4. The zero-order valence-corrected chi connectivity index (χ0v) is 32.4. The number of hydrogen-bond donors (Lipinski definition) is 2. The quantitative estimate of drug-likeness (QED) is 0.170. The molecule has 0 amide bonds. The summed E-state index contributed by atoms with van der Waals surface area (Å²) < 4.78 is 13.2. The van der Waals surface area contributed by atoms with Crippen LogP contribution >= 0.6 is 0 Å². The van der Waals surface area contributed by atoms with Crippen molar-refractivity contribution in [3.63, 3.8) is 0 Å². The maximum Gasteiger partial charge on any atom is 0.158 e. The highest BCUT2D eigenvalue weighted by Crippen LogP contribution is 2.43. The van der Waals surface area contributed by atoms with Crippen molar-refractivity contribution in [1.82, 2.24) is 0 Å². The van der Waals surface area contributed by atoms with Crippen molar-refractivity contribution in [1.29, 1.82) is 0 Å². The lowest BCUT2D eigenvalue weighted by molar-refractivity contribution is 0.670. The summed E-state index contributed by atoms with van der Waals surface area (Å²) in [7, 11) is 0. The van der Waals surface area contributed by atoms with Crippen molar-refractivity contribution < 1.29 is 8.83 Å². The Morgan fingerprint density at radius 2 is 0.850 bits per heavy atom. The third kappa shape index (κ3) is 5.61. The largest absolute Gasteiger partial charge is 0.454 e. The molecule has 0 spiro atoms. The first kappa shape index (κ1) is 34.0. The molecular formula is C56H36N2O2. The highest BCUT2D eigenvalue weighted by Gasteiger charge is 2.18. The van der Waals surface area contributed by atoms with Crippen LogP contribution in [0.25, 0.3) is 98.8 Å². The minimum absolute atomic E-state index is 0.841. The van der Waals surface area contributed by atoms with Gasteiger partial charge in [-0.25, -0.2) is 0 Å². The molecule has 0 fully saturated rings. The molecule has 0 atom stereocenters. The summed E-state index contributed by atoms with van der Waals surface area (Å²) in [5.41, 5.74) is 14.2. The van der Waals surface area contributed by atoms with Crippen LogP contribution in [0.3, 0.4) is 0 Å². The molecule has 2 N–H and O–H groups in total. The third-order valence-corrected chi connectivity index (χ3v) is 11.8. The summed E-state index contributed by atoms with van der Waals surface area (Å²) in [6.07, 6.45) is 0. The summed E-state index contributed by atoms with van der Waals surface area (Å²) in [5, 5.41) is 16.6. The maximum absolute atomic E-state index is 6.67. The van der Waals surface area contributed by atoms with E-state index in [0.29, 0.717) is 0 Å². The number of para-hydroxylation sites is 3. The van der Waals surface area contributed by atoms with Gasteiger partial charge in [-0.3, -0.25) is 0 Å². The van der Waals surface area contributed by atoms with E-state index >= 15 is 0 Å². The number of nitrogens with one attached hydrogen (secondary N) is 2. The second kappa shape index (κ2) is 13.8. The molecular weight excluding hydrogens is 733 g/mol. The van der Waals surface area contributed by atoms with E-state index in [1.54, 1.807) is 0 Å². The van der Waals surface area contributed by atoms with E-state index in [-0.39, 0.29) is 0 Å². The second-order valence-corrected chi connectivity index (χ2v) is 15.4. The van der Waals surface area contributed by atoms with Crippen molar-refractivity contribution in [3.8, 4) is 33.4 Å². The highest BCUT2D eigenvalue weighted by atomic mass is 16.3. The zero-order valence-electron chi connectivity index (χ0n) is 32.4. The van der Waals surface area contributed by atoms with Crippen molar-refractivity contribution >= 4 is 88.2 Å². The standard InChI is InChI=1S/C56H36N2O2/c1-2-13-35(14-3-1)42-20-6-7-26-48(42)58-50-28-12-25-47-54-45-23-10-22-41(44(45)30-32-52(54)60-56(47)50)39-18-8-16-37(33-39)38-17-9-19-40(34-38)57-49-27-11-24-46-53-43-21-5-4-15-36(43)29-31-51(53)59-55(46)49/h1-34,57-58H. The van der Waals surface area contributed by atoms with E-state index in [1.165, 1.54) is 21.7 Å². The predicted octanol–water partition coefficient (Wildman–Crippen LogP) is 16.3. The molecule has 0 saturated heterocycles. The van der Waals surface area contributed by atoms with Crippen molar-refractivity contribution in [2.45, 2.75) is 0 Å². The lowest BCUT2D eigenvalue weighted by Gasteiger charge is -2.12. The number of anilines is 4. The van der Waals surface area contributed by atoms with Gasteiger partial charge in [0.05, 0.1) is 11.4 Å². The molecule has 0 aliphatic heterocycles. The Balaban J connectivity index is 0.893. The number of rotatable bonds is 7. The molecule has 282 valence electrons. The van der Waals surface area contributed by atoms with Gasteiger partial charge in [-0.1, -0.05) is 158 Å². The molecule has 60 heavy (non-hydrogen) atoms. The monoisotopic (exact) mass is 768 g/mol. The molecule has 12 aromatic rings. The van der Waals surface area contributed by atoms with Crippen LogP contribution in [0.1, 0.15) is 0 Å². The Kier molecular flexibility index (Phi) is 7.82. The predicted molar refractivity (Wildman–Crippen MR) is 252 cm³/mol. The Hall–Kier alpha value is -8.08. The summed E-state index contributed by atoms with van der Waals surface area (Å²) in [4.78, 5) is 0. The first-order valence-electron chi connectivity index (χ1n) is 20.3. The van der Waals surface area contributed by atoms with Gasteiger partial charge in [0, 0.05) is 38.5 Å². The molecule has 0 bridgehead atoms. The molecule has 2 aromatic heterocycles. The lowest BCUT2D eigenvalue weighted by Crippen LogP contribution is -1.93. The molecule has 12 rings (SSSR count). The summed E-state index contributed by atoms with van der Waals surface area (Å²) in [5.74, 6) is 0. The van der Waals surface area contributed by atoms with Crippen LogP contribution in [0.15, 0.2) is 215 Å². The van der Waals surface area contributed by atoms with Gasteiger partial charge in [-0.05, 0) is 97.9 Å². The summed E-state index contributed by atoms with van der Waals surface area (Å²) >= 11 is 0. The van der Waals surface area contributed by atoms with Crippen LogP contribution in [0.2, 0.25) is 0 Å². The normalized spacial score (nSPS) is 11.7. The first-order valence-corrected chi connectivity index (χ1v) is 20.3. The van der Waals surface area contributed by atoms with E-state index in [9.17, 15) is 0 Å². The van der Waals surface area contributed by atoms with E-state index < -0.39 is 0 Å². The van der Waals surface area contributed by atoms with Crippen LogP contribution in [-0.2, 0) is 0 Å². The zero-order chi connectivity index (χ0) is 39.6. The minimum atomic E-state index is 0.841. The van der Waals surface area contributed by atoms with Crippen LogP contribution < -0.4 is 10.6 Å². The van der Waals surface area contributed by atoms with E-state index in [4.69, 9.17) is 8.83 Å². The van der Waals surface area contributed by atoms with Crippen LogP contribution in [0.4, 0.5) is 22.7 Å². The molecule has 0 radical (unpaired) electrons. The van der Waals surface area contributed by atoms with Gasteiger partial charge in [0.1, 0.15) is 11.2 Å². The average molecular weight is 769 g/mol. The van der Waals surface area contributed by atoms with Gasteiger partial charge in [0.15, 0.2) is 11.2 Å². The van der Waals surface area contributed by atoms with E-state index in [2.05, 4.69) is 211 Å². The minimum Gasteiger partial charge on any atom is -0.454 e. The van der Waals surface area contributed by atoms with Gasteiger partial charge < -0.3 is 19.5 Å². The lowest BCUT2D eigenvalue weighted by atomic mass is 9.93. The molecule has 10 aromatic carbocycles. The summed E-state index contributed by atoms with van der Waals surface area (Å²) in [6.45, 7) is 0. The molecule has 0 aliphatic carbocycles. The molecule has 0 unspecified atom stereocenters. The number of furan rings is 2. The fraction of sp³-hybridized carbons (Fsp3) is 0. The van der Waals surface area contributed by atoms with Crippen molar-refractivity contribution in [2.75, 3.05) is 10.6 Å². The fourth-order valence-corrected chi connectivity index (χ4v) is 9.08. The molecule has 4 heteroatoms. The summed E-state index contributed by atoms with van der Waals surface area (Å²) in [6, 6.07) is 72.6. The van der Waals surface area contributed by atoms with Crippen LogP contribution in [0, 0.1) is 0 Å². The van der Waals surface area contributed by atoms with Gasteiger partial charge in [0.2, 0.25) is 0 Å². The second-order valence-electron chi connectivity index (χ2n) is 15.4. The van der Waals surface area contributed by atoms with E-state index in [1.807, 2.05) is 6.07 Å². The number of fused-ring (bicyclic) bond motifs is 10. The van der Waals surface area contributed by atoms with Gasteiger partial charge in [-0.2, -0.15) is 0 Å². The van der Waals surface area contributed by atoms with Gasteiger partial charge in [-0.15, -0.1) is 0 Å². The van der Waals surface area contributed by atoms with E-state index in [0.717, 1.165) is 99.8 Å². The van der Waals surface area contributed by atoms with Crippen molar-refractivity contribution in [3.05, 3.63) is 206 Å². The Bertz CT molecular complexity index is 3620. The number of benzene rings is 10. The SMILES string of the molecule is c1ccc(-c2ccccc2Nc2cccc3c2oc2ccc4c(-c5cccc(-c6cccc(Nc7cccc8c7oc7ccc9ccccc9c78)c6)c5)cccc4c23)cc1. The topological polar surface area (TPSA) is 50.3 Å². The van der Waals surface area contributed by atoms with Crippen LogP contribution in [-0.4, -0.2) is 0 Å². The molecule has 0 saturated carbocycles. The average Bonchev–Trinajstić information content (AvgIpc) is 3.90. The molecule has 4 nitrogen and oxygen atoms in total. The Morgan fingerprint density at radius 1 is 0.300 bits per heavy atom. The van der Waals surface area contributed by atoms with Crippen LogP contribution in [0.5, 0.6) is 0 Å². The maximum atomic E-state index is 6.67. The molecule has 0 aliphatic rings. The molecule has 2 heterocycles. The fourth-order valence-electron chi connectivity index (χ4n) is 9.08. The third-order valence-electron chi connectivity index (χ3n) is 11.8. The highest BCUT2D eigenvalue weighted by molar-refractivity contribution is 6.23. The van der Waals surface area contributed by atoms with Gasteiger partial charge in [0.25, 0.3) is 0 Å². The smallest absolute Gasteiger partial charge is 0.158 e. The Morgan fingerprint density at radius 3 is 1.68 bits per heavy atom. The van der Waals surface area contributed by atoms with Crippen molar-refractivity contribution in [2.24, 2.45) is 0 Å². The van der Waals surface area contributed by atoms with Gasteiger partial charge >= 0.3 is 0 Å².